The van der Waals surface area contributed by atoms with E-state index in [0.29, 0.717) is 0 Å². The first-order valence-electron chi connectivity index (χ1n) is 5.73. The molecule has 0 nitrogen and oxygen atoms in total. The van der Waals surface area contributed by atoms with Gasteiger partial charge in [0.25, 0.3) is 0 Å². The van der Waals surface area contributed by atoms with Crippen molar-refractivity contribution in [2.75, 3.05) is 0 Å². The van der Waals surface area contributed by atoms with Gasteiger partial charge < -0.3 is 0 Å². The molecule has 0 aliphatic carbocycles. The molecule has 0 saturated heterocycles. The zero-order valence-electron chi connectivity index (χ0n) is 9.69. The van der Waals surface area contributed by atoms with E-state index in [0.717, 1.165) is 0 Å². The van der Waals surface area contributed by atoms with Crippen LogP contribution in [-0.4, -0.2) is 0 Å². The van der Waals surface area contributed by atoms with Crippen molar-refractivity contribution in [2.24, 2.45) is 0 Å². The lowest BCUT2D eigenvalue weighted by Gasteiger charge is -2.04. The van der Waals surface area contributed by atoms with Crippen molar-refractivity contribution < 1.29 is 0 Å². The lowest BCUT2D eigenvalue weighted by Crippen LogP contribution is -1.71. The van der Waals surface area contributed by atoms with Crippen molar-refractivity contribution in [1.82, 2.24) is 0 Å². The summed E-state index contributed by atoms with van der Waals surface area (Å²) in [6, 6.07) is 19.5. The summed E-state index contributed by atoms with van der Waals surface area (Å²) in [5.74, 6) is 4.39. The Bertz CT molecular complexity index is 581. The van der Waals surface area contributed by atoms with Gasteiger partial charge in [-0.3, -0.25) is 0 Å². The molecule has 0 atom stereocenters. The van der Waals surface area contributed by atoms with Gasteiger partial charge in [-0.25, -0.2) is 0 Å². The van der Waals surface area contributed by atoms with E-state index in [1.165, 1.54) is 45.8 Å². The van der Waals surface area contributed by atoms with Crippen molar-refractivity contribution in [1.29, 1.82) is 0 Å². The van der Waals surface area contributed by atoms with Gasteiger partial charge in [0, 0.05) is 21.2 Å². The second-order valence-corrected chi connectivity index (χ2v) is 7.10. The topological polar surface area (TPSA) is 0 Å². The molecule has 0 saturated carbocycles. The van der Waals surface area contributed by atoms with E-state index in [9.17, 15) is 0 Å². The normalized spacial score (nSPS) is 11.6. The summed E-state index contributed by atoms with van der Waals surface area (Å²) in [6.45, 7) is 0. The molecule has 3 rings (SSSR count). The summed E-state index contributed by atoms with van der Waals surface area (Å²) >= 11 is 0. The van der Waals surface area contributed by atoms with Crippen LogP contribution >= 0.6 is 24.6 Å². The van der Waals surface area contributed by atoms with Gasteiger partial charge >= 0.3 is 0 Å². The largest absolute Gasteiger partial charge is 0.0675 e. The first-order valence-corrected chi connectivity index (χ1v) is 8.55. The predicted molar refractivity (Wildman–Crippen MR) is 84.9 cm³/mol. The number of hydrogen-bond donors (Lipinski definition) is 0. The van der Waals surface area contributed by atoms with Gasteiger partial charge in [0.2, 0.25) is 0 Å². The van der Waals surface area contributed by atoms with Gasteiger partial charge in [0.15, 0.2) is 0 Å². The molecule has 18 heavy (non-hydrogen) atoms. The minimum absolute atomic E-state index is 1.30. The Kier molecular flexibility index (Phi) is 3.82. The number of rotatable bonds is 2. The van der Waals surface area contributed by atoms with E-state index < -0.39 is 0 Å². The molecule has 0 N–H and O–H groups in total. The Labute approximate surface area is 112 Å². The van der Waals surface area contributed by atoms with Crippen LogP contribution in [0.3, 0.4) is 0 Å². The summed E-state index contributed by atoms with van der Waals surface area (Å²) in [6.07, 6.45) is 0. The maximum Gasteiger partial charge on any atom is 0.0142 e. The summed E-state index contributed by atoms with van der Waals surface area (Å²) in [5.41, 5.74) is 0. The molecular weight excluding hydrogens is 273 g/mol. The third-order valence-corrected chi connectivity index (χ3v) is 6.20. The minimum Gasteiger partial charge on any atom is -0.0675 e. The van der Waals surface area contributed by atoms with Crippen LogP contribution in [0.1, 0.15) is 0 Å². The van der Waals surface area contributed by atoms with Crippen LogP contribution in [-0.2, 0) is 0 Å². The van der Waals surface area contributed by atoms with Crippen LogP contribution in [0.2, 0.25) is 0 Å². The predicted octanol–water partition coefficient (Wildman–Crippen LogP) is 6.76. The molecule has 3 aromatic rings. The fraction of sp³-hybridized carbons (Fsp3) is 0. The second kappa shape index (κ2) is 5.73. The Morgan fingerprint density at radius 2 is 1.00 bits per heavy atom. The summed E-state index contributed by atoms with van der Waals surface area (Å²) in [7, 11) is 3.94. The van der Waals surface area contributed by atoms with Crippen molar-refractivity contribution in [3.63, 3.8) is 0 Å². The first-order chi connectivity index (χ1) is 8.93. The highest BCUT2D eigenvalue weighted by molar-refractivity contribution is 7.43. The molecule has 0 amide bonds. The fourth-order valence-corrected chi connectivity index (χ4v) is 4.80. The zero-order chi connectivity index (χ0) is 12.2. The SMILES string of the molecule is c1ccc(-c2cccc(-c3ccccp3)p2)pc1. The third-order valence-electron chi connectivity index (χ3n) is 2.60. The van der Waals surface area contributed by atoms with Crippen molar-refractivity contribution in [3.8, 4) is 21.2 Å². The standard InChI is InChI=1S/C15H11P3/c1-3-10-16-12(6-1)14-8-5-9-15(18-14)13-7-2-4-11-17-13/h1-11H. The lowest BCUT2D eigenvalue weighted by atomic mass is 10.3. The molecule has 0 aliphatic heterocycles. The van der Waals surface area contributed by atoms with Gasteiger partial charge in [-0.15, -0.1) is 0 Å². The van der Waals surface area contributed by atoms with Crippen LogP contribution < -0.4 is 0 Å². The van der Waals surface area contributed by atoms with Crippen molar-refractivity contribution >= 4 is 24.6 Å². The monoisotopic (exact) mass is 284 g/mol. The van der Waals surface area contributed by atoms with E-state index in [2.05, 4.69) is 66.2 Å². The highest BCUT2D eigenvalue weighted by Gasteiger charge is 2.01. The van der Waals surface area contributed by atoms with Gasteiger partial charge in [-0.2, -0.15) is 0 Å². The second-order valence-electron chi connectivity index (χ2n) is 3.84. The van der Waals surface area contributed by atoms with Gasteiger partial charge in [0.05, 0.1) is 0 Å². The number of hydrogen-bond acceptors (Lipinski definition) is 0. The molecule has 0 aliphatic rings. The quantitative estimate of drug-likeness (QED) is 0.487. The average Bonchev–Trinajstić information content (AvgIpc) is 2.49. The molecule has 86 valence electrons. The van der Waals surface area contributed by atoms with Crippen LogP contribution in [0.5, 0.6) is 0 Å². The maximum absolute atomic E-state index is 2.23. The molecule has 0 fully saturated rings. The first kappa shape index (κ1) is 12.0. The van der Waals surface area contributed by atoms with E-state index >= 15 is 0 Å². The highest BCUT2D eigenvalue weighted by atomic mass is 31.0. The molecule has 0 unspecified atom stereocenters. The summed E-state index contributed by atoms with van der Waals surface area (Å²) < 4.78 is 0. The minimum atomic E-state index is 1.30. The van der Waals surface area contributed by atoms with E-state index in [1.807, 2.05) is 0 Å². The third kappa shape index (κ3) is 2.68. The zero-order valence-corrected chi connectivity index (χ0v) is 12.4. The molecule has 0 aromatic carbocycles. The Hall–Kier alpha value is -1.05. The molecule has 3 heteroatoms. The van der Waals surface area contributed by atoms with Gasteiger partial charge in [-0.05, 0) is 35.9 Å². The molecule has 0 radical (unpaired) electrons. The molecule has 3 heterocycles. The molecule has 0 spiro atoms. The maximum atomic E-state index is 2.23. The fourth-order valence-electron chi connectivity index (χ4n) is 1.75. The molecular formula is C15H11P3. The van der Waals surface area contributed by atoms with Crippen LogP contribution in [0.25, 0.3) is 21.2 Å². The van der Waals surface area contributed by atoms with Crippen LogP contribution in [0.15, 0.2) is 66.2 Å². The smallest absolute Gasteiger partial charge is 0.0142 e. The van der Waals surface area contributed by atoms with Gasteiger partial charge in [0.1, 0.15) is 0 Å². The Balaban J connectivity index is 2.05. The van der Waals surface area contributed by atoms with E-state index in [1.54, 1.807) is 0 Å². The van der Waals surface area contributed by atoms with Crippen molar-refractivity contribution in [2.45, 2.75) is 0 Å². The Morgan fingerprint density at radius 3 is 1.44 bits per heavy atom. The molecule has 3 aromatic heterocycles. The summed E-state index contributed by atoms with van der Waals surface area (Å²) in [4.78, 5) is 0. The summed E-state index contributed by atoms with van der Waals surface area (Å²) in [5, 5.41) is 5.66. The average molecular weight is 284 g/mol. The lowest BCUT2D eigenvalue weighted by molar-refractivity contribution is 1.79. The van der Waals surface area contributed by atoms with Crippen molar-refractivity contribution in [3.05, 3.63) is 66.2 Å². The van der Waals surface area contributed by atoms with E-state index in [4.69, 9.17) is 0 Å². The van der Waals surface area contributed by atoms with Crippen LogP contribution in [0.4, 0.5) is 0 Å². The van der Waals surface area contributed by atoms with Gasteiger partial charge in [-0.1, -0.05) is 54.9 Å². The van der Waals surface area contributed by atoms with Crippen LogP contribution in [0, 0.1) is 0 Å². The molecule has 0 bridgehead atoms. The Morgan fingerprint density at radius 1 is 0.500 bits per heavy atom. The highest BCUT2D eigenvalue weighted by Crippen LogP contribution is 2.41. The van der Waals surface area contributed by atoms with E-state index in [-0.39, 0.29) is 0 Å².